The first kappa shape index (κ1) is 12.8. The van der Waals surface area contributed by atoms with Gasteiger partial charge >= 0.3 is 0 Å². The molecule has 2 aromatic heterocycles. The summed E-state index contributed by atoms with van der Waals surface area (Å²) in [5, 5.41) is 16.0. The first-order valence-electron chi connectivity index (χ1n) is 6.82. The number of fused-ring (bicyclic) bond motifs is 1. The molecule has 20 heavy (non-hydrogen) atoms. The smallest absolute Gasteiger partial charge is 0.0861 e. The topological polar surface area (TPSA) is 50.9 Å². The number of aryl methyl sites for hydroxylation is 1. The number of rotatable bonds is 4. The van der Waals surface area contributed by atoms with Crippen molar-refractivity contribution in [3.05, 3.63) is 60.0 Å². The van der Waals surface area contributed by atoms with Crippen LogP contribution in [0.3, 0.4) is 0 Å². The second-order valence-corrected chi connectivity index (χ2v) is 4.79. The Morgan fingerprint density at radius 1 is 1.20 bits per heavy atom. The van der Waals surface area contributed by atoms with E-state index < -0.39 is 6.10 Å². The fourth-order valence-electron chi connectivity index (χ4n) is 2.46. The van der Waals surface area contributed by atoms with Crippen molar-refractivity contribution >= 4 is 10.9 Å². The van der Waals surface area contributed by atoms with Gasteiger partial charge in [0.2, 0.25) is 0 Å². The highest BCUT2D eigenvalue weighted by Gasteiger charge is 2.15. The largest absolute Gasteiger partial charge is 0.388 e. The molecule has 0 spiro atoms. The van der Waals surface area contributed by atoms with Crippen LogP contribution in [0.25, 0.3) is 10.9 Å². The van der Waals surface area contributed by atoms with E-state index in [1.807, 2.05) is 28.9 Å². The lowest BCUT2D eigenvalue weighted by Crippen LogP contribution is -2.04. The number of aliphatic hydroxyl groups is 1. The lowest BCUT2D eigenvalue weighted by Gasteiger charge is -2.08. The molecular formula is C16H17N3O. The fourth-order valence-corrected chi connectivity index (χ4v) is 2.46. The molecule has 0 aliphatic rings. The summed E-state index contributed by atoms with van der Waals surface area (Å²) in [6.45, 7) is 2.89. The van der Waals surface area contributed by atoms with Crippen molar-refractivity contribution in [2.24, 2.45) is 0 Å². The highest BCUT2D eigenvalue weighted by Crippen LogP contribution is 2.23. The van der Waals surface area contributed by atoms with Crippen LogP contribution in [0.15, 0.2) is 48.8 Å². The van der Waals surface area contributed by atoms with Gasteiger partial charge in [0, 0.05) is 30.7 Å². The van der Waals surface area contributed by atoms with Gasteiger partial charge < -0.3 is 5.11 Å². The van der Waals surface area contributed by atoms with Crippen LogP contribution in [-0.2, 0) is 13.0 Å². The maximum absolute atomic E-state index is 10.3. The second kappa shape index (κ2) is 5.43. The molecule has 1 aromatic carbocycles. The van der Waals surface area contributed by atoms with Crippen molar-refractivity contribution in [1.29, 1.82) is 0 Å². The molecule has 0 radical (unpaired) electrons. The lowest BCUT2D eigenvalue weighted by molar-refractivity contribution is 0.177. The number of aliphatic hydroxyl groups excluding tert-OH is 1. The predicted octanol–water partition coefficient (Wildman–Crippen LogP) is 2.73. The van der Waals surface area contributed by atoms with Crippen LogP contribution in [0.2, 0.25) is 0 Å². The van der Waals surface area contributed by atoms with Gasteiger partial charge in [0.15, 0.2) is 0 Å². The minimum absolute atomic E-state index is 0.499. The number of pyridine rings is 1. The molecule has 1 N–H and O–H groups in total. The molecular weight excluding hydrogens is 250 g/mol. The highest BCUT2D eigenvalue weighted by molar-refractivity contribution is 5.82. The zero-order valence-corrected chi connectivity index (χ0v) is 11.4. The number of benzene rings is 1. The summed E-state index contributed by atoms with van der Waals surface area (Å²) < 4.78 is 1.97. The normalized spacial score (nSPS) is 12.7. The summed E-state index contributed by atoms with van der Waals surface area (Å²) in [6.07, 6.45) is 3.33. The van der Waals surface area contributed by atoms with E-state index in [9.17, 15) is 5.11 Å². The van der Waals surface area contributed by atoms with Gasteiger partial charge in [-0.15, -0.1) is 0 Å². The molecule has 0 bridgehead atoms. The number of nitrogens with zero attached hydrogens (tertiary/aromatic N) is 3. The lowest BCUT2D eigenvalue weighted by atomic mass is 10.0. The van der Waals surface area contributed by atoms with Crippen LogP contribution in [0, 0.1) is 0 Å². The summed E-state index contributed by atoms with van der Waals surface area (Å²) in [5.74, 6) is 0. The van der Waals surface area contributed by atoms with Gasteiger partial charge in [-0.2, -0.15) is 5.10 Å². The maximum atomic E-state index is 10.3. The third kappa shape index (κ3) is 2.30. The van der Waals surface area contributed by atoms with E-state index in [-0.39, 0.29) is 0 Å². The number of hydrogen-bond acceptors (Lipinski definition) is 3. The van der Waals surface area contributed by atoms with E-state index in [1.165, 1.54) is 0 Å². The summed E-state index contributed by atoms with van der Waals surface area (Å²) in [6, 6.07) is 11.9. The zero-order chi connectivity index (χ0) is 13.9. The Labute approximate surface area is 117 Å². The monoisotopic (exact) mass is 267 g/mol. The zero-order valence-electron chi connectivity index (χ0n) is 11.4. The average Bonchev–Trinajstić information content (AvgIpc) is 2.86. The molecule has 0 aliphatic heterocycles. The quantitative estimate of drug-likeness (QED) is 0.790. The molecule has 2 heterocycles. The summed E-state index contributed by atoms with van der Waals surface area (Å²) in [5.41, 5.74) is 2.87. The number of para-hydroxylation sites is 1. The van der Waals surface area contributed by atoms with E-state index in [1.54, 1.807) is 12.4 Å². The van der Waals surface area contributed by atoms with Crippen LogP contribution in [0.5, 0.6) is 0 Å². The summed E-state index contributed by atoms with van der Waals surface area (Å²) in [7, 11) is 0. The molecule has 0 saturated carbocycles. The van der Waals surface area contributed by atoms with E-state index >= 15 is 0 Å². The van der Waals surface area contributed by atoms with Crippen LogP contribution < -0.4 is 0 Å². The molecule has 1 atom stereocenters. The molecule has 0 saturated heterocycles. The predicted molar refractivity (Wildman–Crippen MR) is 78.3 cm³/mol. The molecule has 102 valence electrons. The molecule has 3 aromatic rings. The Kier molecular flexibility index (Phi) is 3.48. The second-order valence-electron chi connectivity index (χ2n) is 4.79. The van der Waals surface area contributed by atoms with Crippen LogP contribution in [0.4, 0.5) is 0 Å². The van der Waals surface area contributed by atoms with Gasteiger partial charge in [-0.25, -0.2) is 0 Å². The van der Waals surface area contributed by atoms with Crippen LogP contribution in [-0.4, -0.2) is 19.9 Å². The Morgan fingerprint density at radius 3 is 2.80 bits per heavy atom. The molecule has 4 heteroatoms. The molecule has 1 unspecified atom stereocenters. The van der Waals surface area contributed by atoms with Gasteiger partial charge in [0.1, 0.15) is 0 Å². The third-order valence-corrected chi connectivity index (χ3v) is 3.49. The molecule has 0 aliphatic carbocycles. The van der Waals surface area contributed by atoms with E-state index in [4.69, 9.17) is 0 Å². The van der Waals surface area contributed by atoms with Crippen molar-refractivity contribution in [3.63, 3.8) is 0 Å². The average molecular weight is 267 g/mol. The van der Waals surface area contributed by atoms with Crippen molar-refractivity contribution in [2.75, 3.05) is 0 Å². The molecule has 0 fully saturated rings. The summed E-state index contributed by atoms with van der Waals surface area (Å²) >= 11 is 0. The highest BCUT2D eigenvalue weighted by atomic mass is 16.3. The molecule has 4 nitrogen and oxygen atoms in total. The molecule has 3 rings (SSSR count). The minimum Gasteiger partial charge on any atom is -0.388 e. The van der Waals surface area contributed by atoms with Crippen molar-refractivity contribution < 1.29 is 5.11 Å². The van der Waals surface area contributed by atoms with Gasteiger partial charge in [0.05, 0.1) is 17.3 Å². The Bertz CT molecular complexity index is 706. The van der Waals surface area contributed by atoms with Gasteiger partial charge in [-0.3, -0.25) is 9.67 Å². The van der Waals surface area contributed by atoms with E-state index in [0.717, 1.165) is 28.7 Å². The first-order chi connectivity index (χ1) is 9.79. The Balaban J connectivity index is 1.95. The molecule has 0 amide bonds. The third-order valence-electron chi connectivity index (χ3n) is 3.49. The fraction of sp³-hybridized carbons (Fsp3) is 0.250. The van der Waals surface area contributed by atoms with Crippen LogP contribution >= 0.6 is 0 Å². The van der Waals surface area contributed by atoms with Gasteiger partial charge in [0.25, 0.3) is 0 Å². The Hall–Kier alpha value is -2.20. The van der Waals surface area contributed by atoms with Crippen molar-refractivity contribution in [2.45, 2.75) is 26.0 Å². The van der Waals surface area contributed by atoms with Gasteiger partial charge in [-0.1, -0.05) is 24.3 Å². The SMILES string of the molecule is CCn1nc(CC(O)c2cccnc2)c2ccccc21. The van der Waals surface area contributed by atoms with E-state index in [0.29, 0.717) is 6.42 Å². The maximum Gasteiger partial charge on any atom is 0.0861 e. The summed E-state index contributed by atoms with van der Waals surface area (Å²) in [4.78, 5) is 4.05. The van der Waals surface area contributed by atoms with Crippen molar-refractivity contribution in [3.8, 4) is 0 Å². The number of hydrogen-bond donors (Lipinski definition) is 1. The number of aromatic nitrogens is 3. The van der Waals surface area contributed by atoms with E-state index in [2.05, 4.69) is 29.1 Å². The van der Waals surface area contributed by atoms with Crippen molar-refractivity contribution in [1.82, 2.24) is 14.8 Å². The minimum atomic E-state index is -0.577. The standard InChI is InChI=1S/C16H17N3O/c1-2-19-15-8-4-3-7-13(15)14(18-19)10-16(20)12-6-5-9-17-11-12/h3-9,11,16,20H,2,10H2,1H3. The van der Waals surface area contributed by atoms with Gasteiger partial charge in [-0.05, 0) is 24.6 Å². The van der Waals surface area contributed by atoms with Crippen LogP contribution in [0.1, 0.15) is 24.3 Å². The first-order valence-corrected chi connectivity index (χ1v) is 6.82. The Morgan fingerprint density at radius 2 is 2.05 bits per heavy atom.